The number of nitrogens with zero attached hydrogens (tertiary/aromatic N) is 1. The minimum Gasteiger partial charge on any atom is -0.393 e. The molecule has 1 amide bonds. The van der Waals surface area contributed by atoms with Crippen molar-refractivity contribution < 1.29 is 9.90 Å². The number of rotatable bonds is 7. The summed E-state index contributed by atoms with van der Waals surface area (Å²) in [5.74, 6) is 0.452. The van der Waals surface area contributed by atoms with Crippen LogP contribution >= 0.6 is 0 Å². The topological polar surface area (TPSA) is 52.6 Å². The van der Waals surface area contributed by atoms with Crippen molar-refractivity contribution in [1.29, 1.82) is 0 Å². The summed E-state index contributed by atoms with van der Waals surface area (Å²) in [5, 5.41) is 13.6. The maximum Gasteiger partial charge on any atom is 0.222 e. The van der Waals surface area contributed by atoms with Gasteiger partial charge in [0.05, 0.1) is 6.10 Å². The quantitative estimate of drug-likeness (QED) is 0.741. The lowest BCUT2D eigenvalue weighted by atomic mass is 9.88. The molecule has 0 bridgehead atoms. The Hall–Kier alpha value is -0.610. The summed E-state index contributed by atoms with van der Waals surface area (Å²) in [6, 6.07) is 0.334. The number of piperidine rings is 1. The molecule has 1 saturated heterocycles. The molecule has 4 heteroatoms. The van der Waals surface area contributed by atoms with Gasteiger partial charge in [0.25, 0.3) is 0 Å². The molecule has 0 saturated carbocycles. The van der Waals surface area contributed by atoms with Crippen LogP contribution in [0.4, 0.5) is 0 Å². The number of amides is 1. The average molecular weight is 270 g/mol. The maximum absolute atomic E-state index is 12.1. The van der Waals surface area contributed by atoms with E-state index in [0.717, 1.165) is 45.3 Å². The molecule has 0 aliphatic carbocycles. The van der Waals surface area contributed by atoms with Crippen molar-refractivity contribution in [3.8, 4) is 0 Å². The van der Waals surface area contributed by atoms with Gasteiger partial charge in [-0.2, -0.15) is 0 Å². The van der Waals surface area contributed by atoms with Crippen molar-refractivity contribution >= 4 is 5.91 Å². The molecule has 112 valence electrons. The lowest BCUT2D eigenvalue weighted by Gasteiger charge is -2.40. The summed E-state index contributed by atoms with van der Waals surface area (Å²) in [6.07, 6.45) is 4.06. The molecule has 2 N–H and O–H groups in total. The van der Waals surface area contributed by atoms with Gasteiger partial charge in [0, 0.05) is 31.5 Å². The first-order valence-electron chi connectivity index (χ1n) is 7.81. The van der Waals surface area contributed by atoms with Crippen LogP contribution in [0, 0.1) is 5.92 Å². The fraction of sp³-hybridized carbons (Fsp3) is 0.933. The van der Waals surface area contributed by atoms with E-state index in [2.05, 4.69) is 12.2 Å². The van der Waals surface area contributed by atoms with Crippen LogP contribution in [-0.2, 0) is 4.79 Å². The zero-order chi connectivity index (χ0) is 14.3. The van der Waals surface area contributed by atoms with E-state index in [-0.39, 0.29) is 17.9 Å². The molecule has 0 radical (unpaired) electrons. The van der Waals surface area contributed by atoms with E-state index in [1.54, 1.807) is 0 Å². The van der Waals surface area contributed by atoms with Crippen molar-refractivity contribution in [3.63, 3.8) is 0 Å². The molecule has 1 heterocycles. The van der Waals surface area contributed by atoms with E-state index >= 15 is 0 Å². The molecule has 1 aliphatic heterocycles. The molecule has 4 nitrogen and oxygen atoms in total. The number of nitrogens with one attached hydrogen (secondary N) is 1. The van der Waals surface area contributed by atoms with Gasteiger partial charge >= 0.3 is 0 Å². The highest BCUT2D eigenvalue weighted by atomic mass is 16.3. The third-order valence-corrected chi connectivity index (χ3v) is 3.94. The van der Waals surface area contributed by atoms with Gasteiger partial charge < -0.3 is 15.3 Å². The average Bonchev–Trinajstić information content (AvgIpc) is 2.44. The monoisotopic (exact) mass is 270 g/mol. The number of aliphatic hydroxyl groups is 1. The second-order valence-corrected chi connectivity index (χ2v) is 5.67. The van der Waals surface area contributed by atoms with Crippen LogP contribution in [0.15, 0.2) is 0 Å². The van der Waals surface area contributed by atoms with Crippen LogP contribution in [0.3, 0.4) is 0 Å². The van der Waals surface area contributed by atoms with E-state index in [1.807, 2.05) is 18.7 Å². The van der Waals surface area contributed by atoms with Gasteiger partial charge in [0.2, 0.25) is 5.91 Å². The van der Waals surface area contributed by atoms with Gasteiger partial charge in [0.15, 0.2) is 0 Å². The van der Waals surface area contributed by atoms with Crippen molar-refractivity contribution in [2.24, 2.45) is 5.92 Å². The van der Waals surface area contributed by atoms with Crippen molar-refractivity contribution in [2.75, 3.05) is 19.6 Å². The zero-order valence-corrected chi connectivity index (χ0v) is 12.7. The minimum atomic E-state index is -0.289. The third kappa shape index (κ3) is 5.11. The predicted molar refractivity (Wildman–Crippen MR) is 78.0 cm³/mol. The number of aliphatic hydroxyl groups excluding tert-OH is 1. The Kier molecular flexibility index (Phi) is 7.39. The molecular formula is C15H30N2O2. The molecule has 0 spiro atoms. The van der Waals surface area contributed by atoms with Gasteiger partial charge in [0.1, 0.15) is 0 Å². The van der Waals surface area contributed by atoms with Gasteiger partial charge in [-0.1, -0.05) is 20.8 Å². The molecule has 0 aromatic rings. The van der Waals surface area contributed by atoms with Gasteiger partial charge in [-0.05, 0) is 32.2 Å². The van der Waals surface area contributed by atoms with Crippen molar-refractivity contribution in [3.05, 3.63) is 0 Å². The SMILES string of the molecule is CCCNC1CC(C(O)CC)CN(C(=O)CCC)C1. The largest absolute Gasteiger partial charge is 0.393 e. The van der Waals surface area contributed by atoms with Crippen molar-refractivity contribution in [2.45, 2.75) is 65.0 Å². The Morgan fingerprint density at radius 3 is 2.63 bits per heavy atom. The molecule has 3 unspecified atom stereocenters. The lowest BCUT2D eigenvalue weighted by Crippen LogP contribution is -2.53. The summed E-state index contributed by atoms with van der Waals surface area (Å²) in [7, 11) is 0. The Balaban J connectivity index is 2.63. The number of hydrogen-bond acceptors (Lipinski definition) is 3. The Labute approximate surface area is 117 Å². The minimum absolute atomic E-state index is 0.217. The Morgan fingerprint density at radius 2 is 2.05 bits per heavy atom. The van der Waals surface area contributed by atoms with E-state index < -0.39 is 0 Å². The fourth-order valence-corrected chi connectivity index (χ4v) is 2.82. The summed E-state index contributed by atoms with van der Waals surface area (Å²) >= 11 is 0. The summed E-state index contributed by atoms with van der Waals surface area (Å²) in [5.41, 5.74) is 0. The van der Waals surface area contributed by atoms with Crippen LogP contribution in [0.1, 0.15) is 52.9 Å². The highest BCUT2D eigenvalue weighted by Crippen LogP contribution is 2.22. The second kappa shape index (κ2) is 8.54. The zero-order valence-electron chi connectivity index (χ0n) is 12.7. The number of likely N-dealkylation sites (tertiary alicyclic amines) is 1. The van der Waals surface area contributed by atoms with Gasteiger partial charge in [-0.3, -0.25) is 4.79 Å². The summed E-state index contributed by atoms with van der Waals surface area (Å²) in [6.45, 7) is 8.69. The molecule has 19 heavy (non-hydrogen) atoms. The Bertz CT molecular complexity index is 271. The predicted octanol–water partition coefficient (Wildman–Crippen LogP) is 1.77. The number of carbonyl (C=O) groups is 1. The van der Waals surface area contributed by atoms with Crippen LogP contribution in [0.5, 0.6) is 0 Å². The fourth-order valence-electron chi connectivity index (χ4n) is 2.82. The molecule has 0 aromatic heterocycles. The molecule has 1 rings (SSSR count). The maximum atomic E-state index is 12.1. The molecule has 1 aliphatic rings. The van der Waals surface area contributed by atoms with Crippen LogP contribution in [0.2, 0.25) is 0 Å². The number of carbonyl (C=O) groups excluding carboxylic acids is 1. The van der Waals surface area contributed by atoms with Crippen molar-refractivity contribution in [1.82, 2.24) is 10.2 Å². The highest BCUT2D eigenvalue weighted by Gasteiger charge is 2.32. The standard InChI is InChI=1S/C15H30N2O2/c1-4-7-15(19)17-10-12(14(18)6-3)9-13(11-17)16-8-5-2/h12-14,16,18H,4-11H2,1-3H3. The van der Waals surface area contributed by atoms with E-state index in [4.69, 9.17) is 0 Å². The normalized spacial score (nSPS) is 25.4. The molecular weight excluding hydrogens is 240 g/mol. The first-order chi connectivity index (χ1) is 9.12. The molecule has 3 atom stereocenters. The molecule has 0 aromatic carbocycles. The smallest absolute Gasteiger partial charge is 0.222 e. The highest BCUT2D eigenvalue weighted by molar-refractivity contribution is 5.76. The summed E-state index contributed by atoms with van der Waals surface area (Å²) in [4.78, 5) is 14.0. The second-order valence-electron chi connectivity index (χ2n) is 5.67. The molecule has 1 fully saturated rings. The van der Waals surface area contributed by atoms with E-state index in [0.29, 0.717) is 12.5 Å². The van der Waals surface area contributed by atoms with Crippen LogP contribution in [-0.4, -0.2) is 47.7 Å². The van der Waals surface area contributed by atoms with E-state index in [9.17, 15) is 9.90 Å². The van der Waals surface area contributed by atoms with Gasteiger partial charge in [-0.25, -0.2) is 0 Å². The first-order valence-corrected chi connectivity index (χ1v) is 7.81. The van der Waals surface area contributed by atoms with Gasteiger partial charge in [-0.15, -0.1) is 0 Å². The van der Waals surface area contributed by atoms with E-state index in [1.165, 1.54) is 0 Å². The third-order valence-electron chi connectivity index (χ3n) is 3.94. The first kappa shape index (κ1) is 16.4. The lowest BCUT2D eigenvalue weighted by molar-refractivity contribution is -0.134. The number of hydrogen-bond donors (Lipinski definition) is 2. The van der Waals surface area contributed by atoms with Crippen LogP contribution < -0.4 is 5.32 Å². The Morgan fingerprint density at radius 1 is 1.32 bits per heavy atom. The summed E-state index contributed by atoms with van der Waals surface area (Å²) < 4.78 is 0. The van der Waals surface area contributed by atoms with Crippen LogP contribution in [0.25, 0.3) is 0 Å².